The SMILES string of the molecule is Cc1nc(C)c(-c2ccc3c(c2)N(c2nc4c(s2)C(=O)NC(C)(C)C4)CCO3)s1. The quantitative estimate of drug-likeness (QED) is 0.654. The number of rotatable bonds is 2. The Morgan fingerprint density at radius 1 is 1.17 bits per heavy atom. The van der Waals surface area contributed by atoms with Gasteiger partial charge in [-0.2, -0.15) is 0 Å². The Morgan fingerprint density at radius 2 is 2.00 bits per heavy atom. The van der Waals surface area contributed by atoms with E-state index in [2.05, 4.69) is 27.3 Å². The number of nitrogens with zero attached hydrogens (tertiary/aromatic N) is 3. The maximum Gasteiger partial charge on any atom is 0.263 e. The van der Waals surface area contributed by atoms with Gasteiger partial charge in [0.1, 0.15) is 17.2 Å². The molecule has 4 heterocycles. The minimum Gasteiger partial charge on any atom is -0.490 e. The van der Waals surface area contributed by atoms with Crippen LogP contribution in [0.15, 0.2) is 18.2 Å². The fourth-order valence-corrected chi connectivity index (χ4v) is 5.87. The maximum absolute atomic E-state index is 12.5. The van der Waals surface area contributed by atoms with Crippen molar-refractivity contribution in [1.29, 1.82) is 0 Å². The number of hydrogen-bond acceptors (Lipinski definition) is 7. The van der Waals surface area contributed by atoms with E-state index in [9.17, 15) is 4.79 Å². The number of carbonyl (C=O) groups excluding carboxylic acids is 1. The number of nitrogens with one attached hydrogen (secondary N) is 1. The molecule has 3 aromatic rings. The number of aryl methyl sites for hydroxylation is 2. The fourth-order valence-electron chi connectivity index (χ4n) is 3.94. The van der Waals surface area contributed by atoms with Crippen LogP contribution in [0.3, 0.4) is 0 Å². The number of thiazole rings is 2. The first kappa shape index (κ1) is 18.6. The molecule has 0 unspecified atom stereocenters. The van der Waals surface area contributed by atoms with Crippen LogP contribution in [0.25, 0.3) is 10.4 Å². The van der Waals surface area contributed by atoms with E-state index in [4.69, 9.17) is 9.72 Å². The Morgan fingerprint density at radius 3 is 2.76 bits per heavy atom. The zero-order chi connectivity index (χ0) is 20.3. The van der Waals surface area contributed by atoms with E-state index in [1.165, 1.54) is 16.2 Å². The van der Waals surface area contributed by atoms with E-state index >= 15 is 0 Å². The second-order valence-corrected chi connectivity index (χ2v) is 10.3. The molecule has 0 saturated heterocycles. The molecule has 1 aromatic carbocycles. The highest BCUT2D eigenvalue weighted by Crippen LogP contribution is 2.43. The van der Waals surface area contributed by atoms with E-state index in [1.54, 1.807) is 11.3 Å². The van der Waals surface area contributed by atoms with Crippen molar-refractivity contribution >= 4 is 39.4 Å². The largest absolute Gasteiger partial charge is 0.490 e. The molecule has 2 aliphatic heterocycles. The topological polar surface area (TPSA) is 67.4 Å². The fraction of sp³-hybridized carbons (Fsp3) is 0.381. The minimum absolute atomic E-state index is 0.0296. The van der Waals surface area contributed by atoms with E-state index in [0.717, 1.165) is 49.8 Å². The minimum atomic E-state index is -0.271. The van der Waals surface area contributed by atoms with Crippen LogP contribution in [-0.2, 0) is 6.42 Å². The molecule has 0 aliphatic carbocycles. The lowest BCUT2D eigenvalue weighted by atomic mass is 9.94. The Bertz CT molecular complexity index is 1130. The third-order valence-corrected chi connectivity index (χ3v) is 7.41. The molecule has 8 heteroatoms. The van der Waals surface area contributed by atoms with Gasteiger partial charge in [-0.3, -0.25) is 4.79 Å². The number of benzene rings is 1. The Labute approximate surface area is 177 Å². The summed E-state index contributed by atoms with van der Waals surface area (Å²) in [7, 11) is 0. The summed E-state index contributed by atoms with van der Waals surface area (Å²) in [5.41, 5.74) is 3.77. The average molecular weight is 427 g/mol. The van der Waals surface area contributed by atoms with Gasteiger partial charge in [0.2, 0.25) is 0 Å². The van der Waals surface area contributed by atoms with E-state index in [-0.39, 0.29) is 11.4 Å². The molecular weight excluding hydrogens is 404 g/mol. The lowest BCUT2D eigenvalue weighted by Crippen LogP contribution is -2.48. The summed E-state index contributed by atoms with van der Waals surface area (Å²) in [5, 5.41) is 4.98. The number of fused-ring (bicyclic) bond motifs is 2. The van der Waals surface area contributed by atoms with Gasteiger partial charge in [0, 0.05) is 12.0 Å². The molecule has 0 bridgehead atoms. The molecule has 2 aliphatic rings. The first-order valence-electron chi connectivity index (χ1n) is 9.62. The Balaban J connectivity index is 1.57. The highest BCUT2D eigenvalue weighted by Gasteiger charge is 2.34. The molecule has 5 rings (SSSR count). The molecule has 1 amide bonds. The third-order valence-electron chi connectivity index (χ3n) is 5.17. The normalized spacial score (nSPS) is 17.4. The van der Waals surface area contributed by atoms with Crippen molar-refractivity contribution in [1.82, 2.24) is 15.3 Å². The number of carbonyl (C=O) groups is 1. The van der Waals surface area contributed by atoms with Crippen LogP contribution in [0.1, 0.15) is 39.9 Å². The van der Waals surface area contributed by atoms with E-state index in [1.807, 2.05) is 33.8 Å². The van der Waals surface area contributed by atoms with Gasteiger partial charge in [-0.15, -0.1) is 11.3 Å². The molecule has 0 fully saturated rings. The molecule has 0 saturated carbocycles. The number of ether oxygens (including phenoxy) is 1. The number of amides is 1. The molecule has 0 spiro atoms. The zero-order valence-corrected chi connectivity index (χ0v) is 18.5. The second kappa shape index (κ2) is 6.53. The number of anilines is 2. The van der Waals surface area contributed by atoms with Crippen LogP contribution in [0.2, 0.25) is 0 Å². The monoisotopic (exact) mass is 426 g/mol. The van der Waals surface area contributed by atoms with Crippen LogP contribution >= 0.6 is 22.7 Å². The van der Waals surface area contributed by atoms with Gasteiger partial charge in [0.25, 0.3) is 5.91 Å². The Kier molecular flexibility index (Phi) is 4.18. The predicted molar refractivity (Wildman–Crippen MR) is 117 cm³/mol. The van der Waals surface area contributed by atoms with Crippen molar-refractivity contribution < 1.29 is 9.53 Å². The molecule has 6 nitrogen and oxygen atoms in total. The lowest BCUT2D eigenvalue weighted by molar-refractivity contribution is 0.0901. The van der Waals surface area contributed by atoms with Crippen LogP contribution in [0.4, 0.5) is 10.8 Å². The van der Waals surface area contributed by atoms with Crippen molar-refractivity contribution in [2.75, 3.05) is 18.1 Å². The molecule has 1 N–H and O–H groups in total. The van der Waals surface area contributed by atoms with Crippen molar-refractivity contribution in [3.05, 3.63) is 39.5 Å². The summed E-state index contributed by atoms with van der Waals surface area (Å²) in [6.07, 6.45) is 0.737. The molecule has 29 heavy (non-hydrogen) atoms. The average Bonchev–Trinajstić information content (AvgIpc) is 3.22. The molecule has 0 atom stereocenters. The van der Waals surface area contributed by atoms with Crippen molar-refractivity contribution in [2.45, 2.75) is 39.7 Å². The summed E-state index contributed by atoms with van der Waals surface area (Å²) >= 11 is 3.16. The van der Waals surface area contributed by atoms with Gasteiger partial charge in [-0.25, -0.2) is 9.97 Å². The highest BCUT2D eigenvalue weighted by atomic mass is 32.1. The molecular formula is C21H22N4O2S2. The highest BCUT2D eigenvalue weighted by molar-refractivity contribution is 7.17. The molecule has 0 radical (unpaired) electrons. The van der Waals surface area contributed by atoms with Gasteiger partial charge < -0.3 is 15.0 Å². The summed E-state index contributed by atoms with van der Waals surface area (Å²) < 4.78 is 5.90. The van der Waals surface area contributed by atoms with Crippen molar-refractivity contribution in [3.63, 3.8) is 0 Å². The van der Waals surface area contributed by atoms with Crippen LogP contribution < -0.4 is 15.0 Å². The van der Waals surface area contributed by atoms with Gasteiger partial charge in [0.05, 0.1) is 33.5 Å². The number of aromatic nitrogens is 2. The summed E-state index contributed by atoms with van der Waals surface area (Å²) in [6.45, 7) is 9.43. The predicted octanol–water partition coefficient (Wildman–Crippen LogP) is 4.48. The first-order valence-corrected chi connectivity index (χ1v) is 11.2. The van der Waals surface area contributed by atoms with Crippen LogP contribution in [0, 0.1) is 13.8 Å². The first-order chi connectivity index (χ1) is 13.8. The smallest absolute Gasteiger partial charge is 0.263 e. The van der Waals surface area contributed by atoms with Crippen LogP contribution in [-0.4, -0.2) is 34.6 Å². The van der Waals surface area contributed by atoms with Gasteiger partial charge >= 0.3 is 0 Å². The van der Waals surface area contributed by atoms with Crippen molar-refractivity contribution in [3.8, 4) is 16.2 Å². The zero-order valence-electron chi connectivity index (χ0n) is 16.8. The maximum atomic E-state index is 12.5. The molecule has 150 valence electrons. The van der Waals surface area contributed by atoms with Gasteiger partial charge in [-0.05, 0) is 51.5 Å². The number of hydrogen-bond donors (Lipinski definition) is 1. The third kappa shape index (κ3) is 3.20. The van der Waals surface area contributed by atoms with Gasteiger partial charge in [-0.1, -0.05) is 11.3 Å². The lowest BCUT2D eigenvalue weighted by Gasteiger charge is -2.29. The Hall–Kier alpha value is -2.45. The van der Waals surface area contributed by atoms with E-state index < -0.39 is 0 Å². The van der Waals surface area contributed by atoms with Crippen LogP contribution in [0.5, 0.6) is 5.75 Å². The standard InChI is InChI=1S/C21H22N4O2S2/c1-11-17(28-12(2)22-11)13-5-6-16-15(9-13)25(7-8-27-16)20-23-14-10-21(3,4)24-19(26)18(14)29-20/h5-6,9H,7-8,10H2,1-4H3,(H,24,26). The summed E-state index contributed by atoms with van der Waals surface area (Å²) in [4.78, 5) is 26.0. The van der Waals surface area contributed by atoms with Gasteiger partial charge in [0.15, 0.2) is 5.13 Å². The summed E-state index contributed by atoms with van der Waals surface area (Å²) in [6, 6.07) is 6.26. The molecule has 2 aromatic heterocycles. The van der Waals surface area contributed by atoms with Crippen molar-refractivity contribution in [2.24, 2.45) is 0 Å². The second-order valence-electron chi connectivity index (χ2n) is 8.12. The van der Waals surface area contributed by atoms with E-state index in [0.29, 0.717) is 13.2 Å². The summed E-state index contributed by atoms with van der Waals surface area (Å²) in [5.74, 6) is 0.815.